The largest absolute Gasteiger partial charge is 0.461 e. The number of para-hydroxylation sites is 1. The van der Waals surface area contributed by atoms with E-state index in [4.69, 9.17) is 25.6 Å². The van der Waals surface area contributed by atoms with Gasteiger partial charge in [-0.3, -0.25) is 14.7 Å². The molecule has 0 radical (unpaired) electrons. The highest BCUT2D eigenvalue weighted by Crippen LogP contribution is 2.42. The number of anilines is 1. The van der Waals surface area contributed by atoms with E-state index in [1.165, 1.54) is 37.4 Å². The smallest absolute Gasteiger partial charge is 0.334 e. The van der Waals surface area contributed by atoms with E-state index in [0.717, 1.165) is 35.9 Å². The van der Waals surface area contributed by atoms with E-state index in [2.05, 4.69) is 31.1 Å². The number of hydrogen-bond acceptors (Lipinski definition) is 10. The van der Waals surface area contributed by atoms with E-state index in [1.54, 1.807) is 6.20 Å². The number of nitrogens with zero attached hydrogens (tertiary/aromatic N) is 5. The Bertz CT molecular complexity index is 2690. The van der Waals surface area contributed by atoms with Crippen molar-refractivity contribution < 1.29 is 37.0 Å². The highest BCUT2D eigenvalue weighted by molar-refractivity contribution is 6.03. The van der Waals surface area contributed by atoms with Crippen LogP contribution in [0.1, 0.15) is 43.7 Å². The van der Waals surface area contributed by atoms with E-state index in [-0.39, 0.29) is 52.5 Å². The fraction of sp³-hybridized carbons (Fsp3) is 0.356. The molecule has 308 valence electrons. The molecule has 3 aliphatic heterocycles. The molecule has 60 heavy (non-hydrogen) atoms. The van der Waals surface area contributed by atoms with Crippen LogP contribution in [0.4, 0.5) is 19.0 Å². The van der Waals surface area contributed by atoms with Gasteiger partial charge in [0.1, 0.15) is 47.4 Å². The number of fused-ring (bicyclic) bond motifs is 4. The second-order valence-corrected chi connectivity index (χ2v) is 15.7. The molecule has 0 aliphatic carbocycles. The van der Waals surface area contributed by atoms with Crippen LogP contribution in [0.2, 0.25) is 0 Å². The van der Waals surface area contributed by atoms with Crippen LogP contribution in [-0.4, -0.2) is 100 Å². The predicted octanol–water partition coefficient (Wildman–Crippen LogP) is 6.42. The van der Waals surface area contributed by atoms with Crippen molar-refractivity contribution in [1.82, 2.24) is 30.2 Å². The van der Waals surface area contributed by atoms with Gasteiger partial charge in [-0.2, -0.15) is 9.97 Å². The number of amides is 1. The number of H-pyrrole nitrogens is 1. The van der Waals surface area contributed by atoms with Gasteiger partial charge in [-0.25, -0.2) is 18.0 Å². The molecule has 0 bridgehead atoms. The summed E-state index contributed by atoms with van der Waals surface area (Å²) in [4.78, 5) is 47.4. The van der Waals surface area contributed by atoms with E-state index < -0.39 is 41.3 Å². The average Bonchev–Trinajstić information content (AvgIpc) is 3.83. The number of halogens is 3. The lowest BCUT2D eigenvalue weighted by atomic mass is 9.95. The van der Waals surface area contributed by atoms with Gasteiger partial charge in [-0.1, -0.05) is 30.2 Å². The Balaban J connectivity index is 1.13. The number of esters is 1. The van der Waals surface area contributed by atoms with Crippen LogP contribution < -0.4 is 19.7 Å². The SMILES string of the molecule is C#Cc1c(F)ccc2cc(OC(=O)[C@H](Cc3c[nH]c4ccccc34)NC(C)=O)cc(-c3ncc4c(N5CCCOCC5)nc(OC[C@@]56CCCN5C[C@H](F)C6)nc4c3F)c12. The van der Waals surface area contributed by atoms with Crippen molar-refractivity contribution in [3.8, 4) is 35.4 Å². The number of rotatable bonds is 10. The minimum Gasteiger partial charge on any atom is -0.461 e. The normalized spacial score (nSPS) is 19.9. The van der Waals surface area contributed by atoms with Crippen LogP contribution in [0.5, 0.6) is 11.8 Å². The zero-order chi connectivity index (χ0) is 41.5. The molecular weight excluding hydrogens is 776 g/mol. The molecule has 1 amide bonds. The van der Waals surface area contributed by atoms with Crippen LogP contribution in [0.3, 0.4) is 0 Å². The van der Waals surface area contributed by atoms with Gasteiger partial charge in [0.2, 0.25) is 5.91 Å². The lowest BCUT2D eigenvalue weighted by Crippen LogP contribution is -2.43. The zero-order valence-electron chi connectivity index (χ0n) is 32.9. The Morgan fingerprint density at radius 2 is 1.97 bits per heavy atom. The van der Waals surface area contributed by atoms with Crippen LogP contribution in [-0.2, 0) is 20.7 Å². The van der Waals surface area contributed by atoms with Gasteiger partial charge in [0, 0.05) is 80.3 Å². The molecule has 3 aliphatic rings. The number of terminal acetylenes is 1. The second-order valence-electron chi connectivity index (χ2n) is 15.7. The van der Waals surface area contributed by atoms with Gasteiger partial charge < -0.3 is 29.4 Å². The average molecular weight is 818 g/mol. The third-order valence-electron chi connectivity index (χ3n) is 11.8. The molecule has 2 N–H and O–H groups in total. The van der Waals surface area contributed by atoms with E-state index >= 15 is 8.78 Å². The zero-order valence-corrected chi connectivity index (χ0v) is 32.9. The van der Waals surface area contributed by atoms with E-state index in [0.29, 0.717) is 62.3 Å². The summed E-state index contributed by atoms with van der Waals surface area (Å²) in [5.74, 6) is -0.0366. The van der Waals surface area contributed by atoms with Gasteiger partial charge in [0.15, 0.2) is 5.82 Å². The number of ether oxygens (including phenoxy) is 3. The summed E-state index contributed by atoms with van der Waals surface area (Å²) < 4.78 is 65.4. The topological polar surface area (TPSA) is 135 Å². The van der Waals surface area contributed by atoms with Gasteiger partial charge in [-0.15, -0.1) is 6.42 Å². The summed E-state index contributed by atoms with van der Waals surface area (Å²) in [6.45, 7) is 4.56. The van der Waals surface area contributed by atoms with Crippen molar-refractivity contribution in [2.45, 2.75) is 56.8 Å². The highest BCUT2D eigenvalue weighted by atomic mass is 19.1. The van der Waals surface area contributed by atoms with Crippen molar-refractivity contribution in [2.24, 2.45) is 0 Å². The van der Waals surface area contributed by atoms with Gasteiger partial charge in [0.05, 0.1) is 23.1 Å². The Kier molecular flexibility index (Phi) is 10.5. The van der Waals surface area contributed by atoms with E-state index in [9.17, 15) is 14.0 Å². The number of hydrogen-bond donors (Lipinski definition) is 2. The fourth-order valence-electron chi connectivity index (χ4n) is 9.07. The summed E-state index contributed by atoms with van der Waals surface area (Å²) in [6, 6.07) is 11.9. The number of alkyl halides is 1. The Hall–Kier alpha value is -6.24. The summed E-state index contributed by atoms with van der Waals surface area (Å²) in [7, 11) is 0. The Morgan fingerprint density at radius 3 is 2.82 bits per heavy atom. The molecule has 9 rings (SSSR count). The fourth-order valence-corrected chi connectivity index (χ4v) is 9.07. The minimum absolute atomic E-state index is 0.0206. The van der Waals surface area contributed by atoms with Crippen molar-refractivity contribution in [1.29, 1.82) is 0 Å². The molecule has 6 heterocycles. The van der Waals surface area contributed by atoms with Gasteiger partial charge >= 0.3 is 12.0 Å². The highest BCUT2D eigenvalue weighted by Gasteiger charge is 2.49. The van der Waals surface area contributed by atoms with Crippen LogP contribution in [0.25, 0.3) is 43.8 Å². The molecule has 0 unspecified atom stereocenters. The standard InChI is InChI=1S/C45H42F3N7O5/c1-3-31-35(47)11-10-27-18-30(60-43(57)37(51-26(2)56)19-28-22-49-36-9-5-4-8-32(28)36)20-33(38(27)31)40-39(48)41-34(23-50-40)42(54-13-7-16-58-17-15-54)53-44(52-41)59-25-45-12-6-14-55(45)24-29(46)21-45/h1,4-5,8-11,18,20,22-23,29,37,49H,6-7,12-17,19,21,24-25H2,2H3,(H,51,56)/t29-,37+,45+/m1/s1. The molecule has 0 spiro atoms. The number of carbonyl (C=O) groups excluding carboxylic acids is 2. The monoisotopic (exact) mass is 817 g/mol. The van der Waals surface area contributed by atoms with Crippen molar-refractivity contribution in [3.63, 3.8) is 0 Å². The molecule has 15 heteroatoms. The minimum atomic E-state index is -1.10. The first-order chi connectivity index (χ1) is 29.1. The lowest BCUT2D eigenvalue weighted by Gasteiger charge is -2.31. The maximum absolute atomic E-state index is 17.4. The number of pyridine rings is 1. The quantitative estimate of drug-likeness (QED) is 0.0907. The number of benzene rings is 3. The Labute approximate surface area is 343 Å². The molecule has 3 aromatic carbocycles. The maximum Gasteiger partial charge on any atom is 0.334 e. The van der Waals surface area contributed by atoms with Gasteiger partial charge in [-0.05, 0) is 61.0 Å². The van der Waals surface area contributed by atoms with Crippen LogP contribution >= 0.6 is 0 Å². The number of aromatic amines is 1. The first-order valence-electron chi connectivity index (χ1n) is 20.1. The third kappa shape index (κ3) is 7.34. The third-order valence-corrected chi connectivity index (χ3v) is 11.8. The maximum atomic E-state index is 17.4. The predicted molar refractivity (Wildman–Crippen MR) is 220 cm³/mol. The first-order valence-corrected chi connectivity index (χ1v) is 20.1. The van der Waals surface area contributed by atoms with Crippen molar-refractivity contribution >= 4 is 50.3 Å². The first kappa shape index (κ1) is 39.2. The lowest BCUT2D eigenvalue weighted by molar-refractivity contribution is -0.139. The molecule has 3 saturated heterocycles. The number of carbonyl (C=O) groups is 2. The summed E-state index contributed by atoms with van der Waals surface area (Å²) in [5, 5.41) is 4.39. The Morgan fingerprint density at radius 1 is 1.10 bits per heavy atom. The second kappa shape index (κ2) is 16.1. The summed E-state index contributed by atoms with van der Waals surface area (Å²) in [5.41, 5.74) is 0.693. The molecule has 0 saturated carbocycles. The van der Waals surface area contributed by atoms with Crippen molar-refractivity contribution in [3.05, 3.63) is 83.7 Å². The number of aromatic nitrogens is 4. The molecule has 3 fully saturated rings. The molecule has 3 aromatic heterocycles. The molecule has 6 aromatic rings. The van der Waals surface area contributed by atoms with Crippen LogP contribution in [0, 0.1) is 24.0 Å². The summed E-state index contributed by atoms with van der Waals surface area (Å²) >= 11 is 0. The van der Waals surface area contributed by atoms with Crippen LogP contribution in [0.15, 0.2) is 60.9 Å². The summed E-state index contributed by atoms with van der Waals surface area (Å²) in [6.07, 6.45) is 10.9. The van der Waals surface area contributed by atoms with E-state index in [1.807, 2.05) is 29.2 Å². The molecule has 12 nitrogen and oxygen atoms in total. The number of nitrogens with one attached hydrogen (secondary N) is 2. The molecule has 3 atom stereocenters. The molecular formula is C45H42F3N7O5. The van der Waals surface area contributed by atoms with Gasteiger partial charge in [0.25, 0.3) is 0 Å². The van der Waals surface area contributed by atoms with Crippen molar-refractivity contribution in [2.75, 3.05) is 50.9 Å².